The minimum atomic E-state index is -0.211. The molecule has 0 aliphatic rings. The van der Waals surface area contributed by atoms with Gasteiger partial charge in [-0.1, -0.05) is 0 Å². The van der Waals surface area contributed by atoms with Crippen molar-refractivity contribution in [3.63, 3.8) is 0 Å². The van der Waals surface area contributed by atoms with Crippen LogP contribution in [0.3, 0.4) is 0 Å². The van der Waals surface area contributed by atoms with E-state index in [4.69, 9.17) is 10.5 Å². The molecule has 0 atom stereocenters. The third-order valence-electron chi connectivity index (χ3n) is 3.31. The molecule has 3 aromatic rings. The number of nitrogens with zero attached hydrogens (tertiary/aromatic N) is 6. The normalized spacial score (nSPS) is 9.77. The Morgan fingerprint density at radius 2 is 1.23 bits per heavy atom. The van der Waals surface area contributed by atoms with Crippen LogP contribution in [0.25, 0.3) is 22.5 Å². The second kappa shape index (κ2) is 6.98. The molecule has 126 valence electrons. The van der Waals surface area contributed by atoms with Crippen molar-refractivity contribution in [3.05, 3.63) is 36.7 Å². The van der Waals surface area contributed by atoms with Crippen LogP contribution in [0.5, 0.6) is 11.5 Å². The summed E-state index contributed by atoms with van der Waals surface area (Å²) in [5.41, 5.74) is 1.27. The number of hydrogen-bond donors (Lipinski definition) is 4. The Balaban J connectivity index is 2.11. The molecular formula is C16H10N8O2. The zero-order valence-electron chi connectivity index (χ0n) is 13.0. The van der Waals surface area contributed by atoms with Gasteiger partial charge in [0.1, 0.15) is 11.5 Å². The monoisotopic (exact) mass is 346 g/mol. The number of phenols is 2. The maximum atomic E-state index is 10.2. The van der Waals surface area contributed by atoms with Crippen LogP contribution in [-0.4, -0.2) is 30.1 Å². The SMILES string of the molecule is N#CNc1nccc(-c2cc(-c3ccnc(NC#N)n3)c(O)cc2O)n1. The molecule has 0 saturated carbocycles. The molecule has 0 spiro atoms. The van der Waals surface area contributed by atoms with Crippen molar-refractivity contribution in [2.24, 2.45) is 0 Å². The van der Waals surface area contributed by atoms with Gasteiger partial charge in [0.15, 0.2) is 12.4 Å². The number of hydrogen-bond acceptors (Lipinski definition) is 10. The molecule has 2 aromatic heterocycles. The lowest BCUT2D eigenvalue weighted by molar-refractivity contribution is 0.453. The number of benzene rings is 1. The first-order chi connectivity index (χ1) is 12.6. The minimum Gasteiger partial charge on any atom is -0.507 e. The van der Waals surface area contributed by atoms with E-state index in [0.29, 0.717) is 22.5 Å². The predicted octanol–water partition coefficient (Wildman–Crippen LogP) is 1.80. The molecule has 10 nitrogen and oxygen atoms in total. The molecule has 0 saturated heterocycles. The fraction of sp³-hybridized carbons (Fsp3) is 0. The summed E-state index contributed by atoms with van der Waals surface area (Å²) in [6.45, 7) is 0. The van der Waals surface area contributed by atoms with Crippen molar-refractivity contribution in [2.45, 2.75) is 0 Å². The molecule has 3 rings (SSSR count). The summed E-state index contributed by atoms with van der Waals surface area (Å²) in [6, 6.07) is 5.73. The zero-order chi connectivity index (χ0) is 18.5. The highest BCUT2D eigenvalue weighted by Gasteiger charge is 2.15. The summed E-state index contributed by atoms with van der Waals surface area (Å²) in [5.74, 6) is -0.280. The largest absolute Gasteiger partial charge is 0.507 e. The number of rotatable bonds is 4. The highest BCUT2D eigenvalue weighted by atomic mass is 16.3. The van der Waals surface area contributed by atoms with Crippen molar-refractivity contribution in [1.82, 2.24) is 19.9 Å². The van der Waals surface area contributed by atoms with Gasteiger partial charge in [-0.25, -0.2) is 19.9 Å². The summed E-state index contributed by atoms with van der Waals surface area (Å²) in [7, 11) is 0. The van der Waals surface area contributed by atoms with Gasteiger partial charge in [0.05, 0.1) is 11.4 Å². The summed E-state index contributed by atoms with van der Waals surface area (Å²) in [4.78, 5) is 16.0. The Bertz CT molecular complexity index is 974. The summed E-state index contributed by atoms with van der Waals surface area (Å²) in [6.07, 6.45) is 6.28. The topological polar surface area (TPSA) is 164 Å². The second-order valence-electron chi connectivity index (χ2n) is 4.89. The van der Waals surface area contributed by atoms with Crippen LogP contribution in [0.1, 0.15) is 0 Å². The standard InChI is InChI=1S/C16H10N8O2/c17-7-21-15-19-3-1-11(23-15)9-5-10(14(26)6-13(9)25)12-2-4-20-16(24-12)22-8-18/h1-6,25-26H,(H,19,21,23)(H,20,22,24). The number of anilines is 2. The maximum Gasteiger partial charge on any atom is 0.236 e. The van der Waals surface area contributed by atoms with Crippen LogP contribution < -0.4 is 10.6 Å². The fourth-order valence-electron chi connectivity index (χ4n) is 2.23. The average molecular weight is 346 g/mol. The van der Waals surface area contributed by atoms with Crippen molar-refractivity contribution < 1.29 is 10.2 Å². The third kappa shape index (κ3) is 3.25. The van der Waals surface area contributed by atoms with Gasteiger partial charge in [-0.3, -0.25) is 10.6 Å². The number of nitriles is 2. The van der Waals surface area contributed by atoms with Crippen LogP contribution >= 0.6 is 0 Å². The molecule has 0 bridgehead atoms. The van der Waals surface area contributed by atoms with Gasteiger partial charge in [0.25, 0.3) is 0 Å². The van der Waals surface area contributed by atoms with E-state index in [0.717, 1.165) is 6.07 Å². The van der Waals surface area contributed by atoms with Crippen LogP contribution in [0.15, 0.2) is 36.7 Å². The van der Waals surface area contributed by atoms with Gasteiger partial charge < -0.3 is 10.2 Å². The summed E-state index contributed by atoms with van der Waals surface area (Å²) < 4.78 is 0. The number of aromatic nitrogens is 4. The minimum absolute atomic E-state index is 0.0709. The van der Waals surface area contributed by atoms with E-state index >= 15 is 0 Å². The Labute approximate surface area is 147 Å². The van der Waals surface area contributed by atoms with Crippen LogP contribution in [-0.2, 0) is 0 Å². The van der Waals surface area contributed by atoms with Crippen LogP contribution in [0, 0.1) is 22.9 Å². The Kier molecular flexibility index (Phi) is 4.41. The number of phenolic OH excluding ortho intramolecular Hbond substituents is 2. The Morgan fingerprint density at radius 3 is 1.65 bits per heavy atom. The lowest BCUT2D eigenvalue weighted by Crippen LogP contribution is -1.98. The van der Waals surface area contributed by atoms with Crippen molar-refractivity contribution in [3.8, 4) is 46.4 Å². The van der Waals surface area contributed by atoms with E-state index in [1.807, 2.05) is 0 Å². The number of aromatic hydroxyl groups is 2. The zero-order valence-corrected chi connectivity index (χ0v) is 13.0. The molecule has 0 fully saturated rings. The molecule has 0 amide bonds. The molecular weight excluding hydrogens is 336 g/mol. The third-order valence-corrected chi connectivity index (χ3v) is 3.31. The second-order valence-corrected chi connectivity index (χ2v) is 4.89. The van der Waals surface area contributed by atoms with Crippen molar-refractivity contribution >= 4 is 11.9 Å². The van der Waals surface area contributed by atoms with Gasteiger partial charge >= 0.3 is 0 Å². The smallest absolute Gasteiger partial charge is 0.236 e. The van der Waals surface area contributed by atoms with Crippen LogP contribution in [0.2, 0.25) is 0 Å². The maximum absolute atomic E-state index is 10.2. The number of nitrogens with one attached hydrogen (secondary N) is 2. The first kappa shape index (κ1) is 16.4. The van der Waals surface area contributed by atoms with E-state index in [1.54, 1.807) is 24.5 Å². The van der Waals surface area contributed by atoms with Crippen molar-refractivity contribution in [2.75, 3.05) is 10.6 Å². The lowest BCUT2D eigenvalue weighted by Gasteiger charge is -2.10. The molecule has 0 unspecified atom stereocenters. The lowest BCUT2D eigenvalue weighted by atomic mass is 10.0. The van der Waals surface area contributed by atoms with Gasteiger partial charge in [0, 0.05) is 29.6 Å². The highest BCUT2D eigenvalue weighted by Crippen LogP contribution is 2.38. The summed E-state index contributed by atoms with van der Waals surface area (Å²) in [5, 5.41) is 42.3. The van der Waals surface area contributed by atoms with E-state index in [9.17, 15) is 10.2 Å². The Hall–Kier alpha value is -4.44. The van der Waals surface area contributed by atoms with E-state index < -0.39 is 0 Å². The van der Waals surface area contributed by atoms with Crippen molar-refractivity contribution in [1.29, 1.82) is 10.5 Å². The first-order valence-electron chi connectivity index (χ1n) is 7.15. The highest BCUT2D eigenvalue weighted by molar-refractivity contribution is 5.79. The molecule has 0 radical (unpaired) electrons. The van der Waals surface area contributed by atoms with Gasteiger partial charge in [-0.2, -0.15) is 10.5 Å². The molecule has 1 aromatic carbocycles. The molecule has 2 heterocycles. The predicted molar refractivity (Wildman–Crippen MR) is 90.3 cm³/mol. The fourth-order valence-corrected chi connectivity index (χ4v) is 2.23. The van der Waals surface area contributed by atoms with Gasteiger partial charge in [0.2, 0.25) is 11.9 Å². The van der Waals surface area contributed by atoms with E-state index in [-0.39, 0.29) is 23.4 Å². The van der Waals surface area contributed by atoms with E-state index in [1.165, 1.54) is 18.5 Å². The molecule has 26 heavy (non-hydrogen) atoms. The molecule has 4 N–H and O–H groups in total. The Morgan fingerprint density at radius 1 is 0.769 bits per heavy atom. The van der Waals surface area contributed by atoms with E-state index in [2.05, 4.69) is 30.6 Å². The van der Waals surface area contributed by atoms with Crippen LogP contribution in [0.4, 0.5) is 11.9 Å². The van der Waals surface area contributed by atoms with Gasteiger partial charge in [-0.15, -0.1) is 0 Å². The van der Waals surface area contributed by atoms with Gasteiger partial charge in [-0.05, 0) is 18.2 Å². The molecule has 0 aliphatic carbocycles. The first-order valence-corrected chi connectivity index (χ1v) is 7.15. The molecule has 0 aliphatic heterocycles. The summed E-state index contributed by atoms with van der Waals surface area (Å²) >= 11 is 0. The molecule has 10 heteroatoms. The quantitative estimate of drug-likeness (QED) is 0.404. The average Bonchev–Trinajstić information content (AvgIpc) is 2.63.